The van der Waals surface area contributed by atoms with E-state index in [1.165, 1.54) is 11.3 Å². The molecule has 0 unspecified atom stereocenters. The molecule has 0 saturated heterocycles. The fourth-order valence-electron chi connectivity index (χ4n) is 3.49. The van der Waals surface area contributed by atoms with Gasteiger partial charge in [0.2, 0.25) is 0 Å². The summed E-state index contributed by atoms with van der Waals surface area (Å²) in [6.45, 7) is 0.513. The zero-order chi connectivity index (χ0) is 22.5. The van der Waals surface area contributed by atoms with Crippen molar-refractivity contribution in [2.75, 3.05) is 26.1 Å². The summed E-state index contributed by atoms with van der Waals surface area (Å²) in [6, 6.07) is 15.5. The van der Waals surface area contributed by atoms with Crippen LogP contribution < -0.4 is 14.8 Å². The van der Waals surface area contributed by atoms with Crippen LogP contribution in [0.4, 0.5) is 5.69 Å². The molecule has 2 aromatic carbocycles. The summed E-state index contributed by atoms with van der Waals surface area (Å²) < 4.78 is 15.8. The third-order valence-corrected chi connectivity index (χ3v) is 5.09. The molecule has 0 fully saturated rings. The van der Waals surface area contributed by atoms with Crippen molar-refractivity contribution >= 4 is 23.2 Å². The van der Waals surface area contributed by atoms with Crippen LogP contribution in [0.25, 0.3) is 0 Å². The standard InChI is InChI=1S/C24H23N3O5/c1-30-20-11-10-16(15-22(20)31-2)19-8-4-12-27(26-19)24(29)17-6-3-7-18(14-17)25-23(28)21-9-5-13-32-21/h3,5-7,9-11,13-15H,4,8,12H2,1-2H3,(H,25,28). The molecule has 0 radical (unpaired) electrons. The number of carbonyl (C=O) groups is 2. The lowest BCUT2D eigenvalue weighted by atomic mass is 10.0. The number of benzene rings is 2. The summed E-state index contributed by atoms with van der Waals surface area (Å²) in [6.07, 6.45) is 2.96. The van der Waals surface area contributed by atoms with E-state index in [4.69, 9.17) is 13.9 Å². The summed E-state index contributed by atoms with van der Waals surface area (Å²) in [4.78, 5) is 25.3. The second-order valence-corrected chi connectivity index (χ2v) is 7.16. The highest BCUT2D eigenvalue weighted by Crippen LogP contribution is 2.29. The zero-order valence-corrected chi connectivity index (χ0v) is 17.8. The number of nitrogens with zero attached hydrogens (tertiary/aromatic N) is 2. The van der Waals surface area contributed by atoms with Crippen LogP contribution in [0.5, 0.6) is 11.5 Å². The van der Waals surface area contributed by atoms with E-state index in [0.29, 0.717) is 29.3 Å². The maximum absolute atomic E-state index is 13.1. The van der Waals surface area contributed by atoms with E-state index in [0.717, 1.165) is 24.1 Å². The van der Waals surface area contributed by atoms with Crippen molar-refractivity contribution in [3.05, 3.63) is 77.7 Å². The van der Waals surface area contributed by atoms with Gasteiger partial charge < -0.3 is 19.2 Å². The number of hydrogen-bond acceptors (Lipinski definition) is 6. The number of nitrogens with one attached hydrogen (secondary N) is 1. The van der Waals surface area contributed by atoms with E-state index in [1.54, 1.807) is 50.6 Å². The van der Waals surface area contributed by atoms with Crippen molar-refractivity contribution in [2.45, 2.75) is 12.8 Å². The number of carbonyl (C=O) groups excluding carboxylic acids is 2. The van der Waals surface area contributed by atoms with E-state index in [2.05, 4.69) is 10.4 Å². The SMILES string of the molecule is COc1ccc(C2=NN(C(=O)c3cccc(NC(=O)c4ccco4)c3)CCC2)cc1OC. The maximum Gasteiger partial charge on any atom is 0.291 e. The number of amides is 2. The Kier molecular flexibility index (Phi) is 6.21. The van der Waals surface area contributed by atoms with Crippen molar-refractivity contribution in [2.24, 2.45) is 5.10 Å². The van der Waals surface area contributed by atoms with Gasteiger partial charge in [0.05, 0.1) is 26.2 Å². The number of methoxy groups -OCH3 is 2. The van der Waals surface area contributed by atoms with Gasteiger partial charge in [-0.15, -0.1) is 0 Å². The molecule has 4 rings (SSSR count). The molecular formula is C24H23N3O5. The van der Waals surface area contributed by atoms with Crippen LogP contribution in [0.1, 0.15) is 39.3 Å². The summed E-state index contributed by atoms with van der Waals surface area (Å²) in [5.41, 5.74) is 2.60. The largest absolute Gasteiger partial charge is 0.493 e. The highest BCUT2D eigenvalue weighted by atomic mass is 16.5. The Morgan fingerprint density at radius 1 is 1.03 bits per heavy atom. The molecular weight excluding hydrogens is 410 g/mol. The Bertz CT molecular complexity index is 1150. The molecule has 0 aliphatic carbocycles. The van der Waals surface area contributed by atoms with Crippen LogP contribution >= 0.6 is 0 Å². The van der Waals surface area contributed by atoms with Gasteiger partial charge in [-0.25, -0.2) is 5.01 Å². The molecule has 0 atom stereocenters. The number of furan rings is 1. The van der Waals surface area contributed by atoms with Crippen LogP contribution in [0.2, 0.25) is 0 Å². The minimum Gasteiger partial charge on any atom is -0.493 e. The lowest BCUT2D eigenvalue weighted by molar-refractivity contribution is 0.0751. The number of anilines is 1. The van der Waals surface area contributed by atoms with Gasteiger partial charge in [0.1, 0.15) is 0 Å². The lowest BCUT2D eigenvalue weighted by Gasteiger charge is -2.24. The zero-order valence-electron chi connectivity index (χ0n) is 17.8. The normalized spacial score (nSPS) is 13.3. The molecule has 0 bridgehead atoms. The first-order valence-corrected chi connectivity index (χ1v) is 10.2. The van der Waals surface area contributed by atoms with Crippen LogP contribution in [0, 0.1) is 0 Å². The molecule has 8 nitrogen and oxygen atoms in total. The molecule has 1 aliphatic heterocycles. The first kappa shape index (κ1) is 21.2. The highest BCUT2D eigenvalue weighted by Gasteiger charge is 2.22. The molecule has 0 spiro atoms. The van der Waals surface area contributed by atoms with E-state index in [-0.39, 0.29) is 17.6 Å². The summed E-state index contributed by atoms with van der Waals surface area (Å²) in [5.74, 6) is 0.815. The molecule has 1 N–H and O–H groups in total. The van der Waals surface area contributed by atoms with Gasteiger partial charge in [-0.2, -0.15) is 5.10 Å². The topological polar surface area (TPSA) is 93.4 Å². The minimum atomic E-state index is -0.383. The second-order valence-electron chi connectivity index (χ2n) is 7.16. The van der Waals surface area contributed by atoms with Crippen molar-refractivity contribution < 1.29 is 23.5 Å². The Labute approximate surface area is 185 Å². The van der Waals surface area contributed by atoms with Gasteiger partial charge in [-0.05, 0) is 61.4 Å². The van der Waals surface area contributed by atoms with Gasteiger partial charge in [-0.3, -0.25) is 9.59 Å². The van der Waals surface area contributed by atoms with Gasteiger partial charge >= 0.3 is 0 Å². The van der Waals surface area contributed by atoms with E-state index in [9.17, 15) is 9.59 Å². The van der Waals surface area contributed by atoms with Gasteiger partial charge in [0, 0.05) is 23.4 Å². The van der Waals surface area contributed by atoms with E-state index >= 15 is 0 Å². The Balaban J connectivity index is 1.53. The Morgan fingerprint density at radius 3 is 2.62 bits per heavy atom. The van der Waals surface area contributed by atoms with E-state index < -0.39 is 0 Å². The summed E-state index contributed by atoms with van der Waals surface area (Å²) in [5, 5.41) is 8.79. The van der Waals surface area contributed by atoms with Crippen molar-refractivity contribution in [1.82, 2.24) is 5.01 Å². The lowest BCUT2D eigenvalue weighted by Crippen LogP contribution is -2.32. The fraction of sp³-hybridized carbons (Fsp3) is 0.208. The number of ether oxygens (including phenoxy) is 2. The average molecular weight is 433 g/mol. The van der Waals surface area contributed by atoms with Crippen molar-refractivity contribution in [3.63, 3.8) is 0 Å². The molecule has 0 saturated carbocycles. The van der Waals surface area contributed by atoms with Gasteiger partial charge in [0.15, 0.2) is 17.3 Å². The quantitative estimate of drug-likeness (QED) is 0.629. The Morgan fingerprint density at radius 2 is 1.88 bits per heavy atom. The van der Waals surface area contributed by atoms with Crippen LogP contribution in [-0.2, 0) is 0 Å². The Hall–Kier alpha value is -4.07. The van der Waals surface area contributed by atoms with Gasteiger partial charge in [0.25, 0.3) is 11.8 Å². The first-order valence-electron chi connectivity index (χ1n) is 10.2. The highest BCUT2D eigenvalue weighted by molar-refractivity contribution is 6.05. The number of rotatable bonds is 6. The summed E-state index contributed by atoms with van der Waals surface area (Å²) >= 11 is 0. The molecule has 8 heteroatoms. The predicted octanol–water partition coefficient (Wildman–Crippen LogP) is 4.19. The maximum atomic E-state index is 13.1. The summed E-state index contributed by atoms with van der Waals surface area (Å²) in [7, 11) is 3.17. The van der Waals surface area contributed by atoms with Crippen LogP contribution in [-0.4, -0.2) is 43.3 Å². The van der Waals surface area contributed by atoms with Crippen molar-refractivity contribution in [3.8, 4) is 11.5 Å². The monoisotopic (exact) mass is 433 g/mol. The fourth-order valence-corrected chi connectivity index (χ4v) is 3.49. The average Bonchev–Trinajstić information content (AvgIpc) is 3.39. The third kappa shape index (κ3) is 4.49. The first-order chi connectivity index (χ1) is 15.6. The second kappa shape index (κ2) is 9.38. The van der Waals surface area contributed by atoms with Crippen LogP contribution in [0.15, 0.2) is 70.4 Å². The smallest absolute Gasteiger partial charge is 0.291 e. The molecule has 3 aromatic rings. The minimum absolute atomic E-state index is 0.196. The number of hydrogen-bond donors (Lipinski definition) is 1. The molecule has 164 valence electrons. The molecule has 1 aromatic heterocycles. The molecule has 32 heavy (non-hydrogen) atoms. The third-order valence-electron chi connectivity index (χ3n) is 5.09. The predicted molar refractivity (Wildman–Crippen MR) is 119 cm³/mol. The molecule has 2 amide bonds. The molecule has 1 aliphatic rings. The van der Waals surface area contributed by atoms with Crippen molar-refractivity contribution in [1.29, 1.82) is 0 Å². The van der Waals surface area contributed by atoms with E-state index in [1.807, 2.05) is 18.2 Å². The van der Waals surface area contributed by atoms with Gasteiger partial charge in [-0.1, -0.05) is 6.07 Å². The van der Waals surface area contributed by atoms with Crippen LogP contribution in [0.3, 0.4) is 0 Å². The molecule has 2 heterocycles. The number of hydrazone groups is 1.